The van der Waals surface area contributed by atoms with Gasteiger partial charge in [-0.1, -0.05) is 6.07 Å². The van der Waals surface area contributed by atoms with Gasteiger partial charge in [-0.2, -0.15) is 13.2 Å². The number of carbonyl (C=O) groups excluding carboxylic acids is 4. The third-order valence-electron chi connectivity index (χ3n) is 4.85. The summed E-state index contributed by atoms with van der Waals surface area (Å²) in [6, 6.07) is 4.34. The van der Waals surface area contributed by atoms with Crippen molar-refractivity contribution in [1.82, 2.24) is 15.5 Å². The first kappa shape index (κ1) is 22.2. The summed E-state index contributed by atoms with van der Waals surface area (Å²) in [4.78, 5) is 58.7. The topological polar surface area (TPSA) is 145 Å². The zero-order chi connectivity index (χ0) is 22.9. The van der Waals surface area contributed by atoms with Crippen LogP contribution in [0.5, 0.6) is 0 Å². The number of carboxylic acids is 1. The minimum atomic E-state index is -5.08. The number of nitrogens with one attached hydrogen (secondary N) is 3. The lowest BCUT2D eigenvalue weighted by Gasteiger charge is -2.30. The number of piperidine rings is 1. The number of amides is 4. The molecule has 1 aromatic rings. The molecular formula is C18H17F3N4O6. The number of hydrogen-bond acceptors (Lipinski definition) is 7. The van der Waals surface area contributed by atoms with E-state index >= 15 is 0 Å². The van der Waals surface area contributed by atoms with Gasteiger partial charge in [-0.3, -0.25) is 29.4 Å². The van der Waals surface area contributed by atoms with Crippen molar-refractivity contribution in [3.63, 3.8) is 0 Å². The molecule has 166 valence electrons. The SMILES string of the molecule is O=C(O)C(F)(F)F.O=C1CCC(N2C(=O)c3cccc(NC4CNC4)c3C2=O)C(=O)N1. The molecular weight excluding hydrogens is 425 g/mol. The second-order valence-electron chi connectivity index (χ2n) is 6.98. The van der Waals surface area contributed by atoms with Crippen molar-refractivity contribution in [3.8, 4) is 0 Å². The van der Waals surface area contributed by atoms with Gasteiger partial charge in [-0.15, -0.1) is 0 Å². The van der Waals surface area contributed by atoms with Crippen LogP contribution in [-0.4, -0.2) is 71.0 Å². The average molecular weight is 442 g/mol. The van der Waals surface area contributed by atoms with Crippen LogP contribution < -0.4 is 16.0 Å². The largest absolute Gasteiger partial charge is 0.490 e. The number of carbonyl (C=O) groups is 5. The van der Waals surface area contributed by atoms with Crippen molar-refractivity contribution < 1.29 is 42.3 Å². The molecule has 2 saturated heterocycles. The smallest absolute Gasteiger partial charge is 0.475 e. The number of alkyl halides is 3. The number of benzene rings is 1. The molecule has 3 aliphatic heterocycles. The van der Waals surface area contributed by atoms with E-state index in [2.05, 4.69) is 16.0 Å². The lowest BCUT2D eigenvalue weighted by Crippen LogP contribution is -2.54. The Morgan fingerprint density at radius 2 is 1.77 bits per heavy atom. The fraction of sp³-hybridized carbons (Fsp3) is 0.389. The van der Waals surface area contributed by atoms with E-state index in [1.54, 1.807) is 18.2 Å². The molecule has 0 bridgehead atoms. The summed E-state index contributed by atoms with van der Waals surface area (Å²) in [5.41, 5.74) is 1.20. The first-order chi connectivity index (χ1) is 14.5. The summed E-state index contributed by atoms with van der Waals surface area (Å²) in [7, 11) is 0. The lowest BCUT2D eigenvalue weighted by atomic mass is 10.0. The summed E-state index contributed by atoms with van der Waals surface area (Å²) in [5.74, 6) is -4.71. The number of aliphatic carboxylic acids is 1. The first-order valence-corrected chi connectivity index (χ1v) is 9.12. The summed E-state index contributed by atoms with van der Waals surface area (Å²) in [6.45, 7) is 1.59. The van der Waals surface area contributed by atoms with Crippen molar-refractivity contribution in [3.05, 3.63) is 29.3 Å². The Balaban J connectivity index is 0.000000339. The Hall–Kier alpha value is -3.48. The Labute approximate surface area is 172 Å². The van der Waals surface area contributed by atoms with Crippen LogP contribution in [0.1, 0.15) is 33.6 Å². The standard InChI is InChI=1S/C16H16N4O4.C2HF3O2/c21-12-5-4-11(14(22)19-12)20-15(23)9-2-1-3-10(13(9)16(20)24)18-8-6-17-7-8;3-2(4,5)1(6)7/h1-3,8,11,17-18H,4-7H2,(H,19,21,22);(H,6,7). The van der Waals surface area contributed by atoms with Gasteiger partial charge in [-0.25, -0.2) is 4.79 Å². The van der Waals surface area contributed by atoms with Crippen LogP contribution >= 0.6 is 0 Å². The first-order valence-electron chi connectivity index (χ1n) is 9.12. The molecule has 1 aromatic carbocycles. The molecule has 3 heterocycles. The molecule has 4 amide bonds. The highest BCUT2D eigenvalue weighted by Crippen LogP contribution is 2.32. The van der Waals surface area contributed by atoms with Gasteiger partial charge in [-0.05, 0) is 18.6 Å². The molecule has 1 atom stereocenters. The van der Waals surface area contributed by atoms with E-state index in [4.69, 9.17) is 9.90 Å². The van der Waals surface area contributed by atoms with Gasteiger partial charge in [0.1, 0.15) is 6.04 Å². The predicted octanol–water partition coefficient (Wildman–Crippen LogP) is 0.105. The summed E-state index contributed by atoms with van der Waals surface area (Å²) in [5, 5.41) is 15.7. The van der Waals surface area contributed by atoms with Crippen LogP contribution in [0, 0.1) is 0 Å². The highest BCUT2D eigenvalue weighted by molar-refractivity contribution is 6.25. The van der Waals surface area contributed by atoms with Crippen LogP contribution in [0.3, 0.4) is 0 Å². The number of imide groups is 2. The van der Waals surface area contributed by atoms with Crippen LogP contribution in [0.25, 0.3) is 0 Å². The van der Waals surface area contributed by atoms with Gasteiger partial charge < -0.3 is 15.7 Å². The van der Waals surface area contributed by atoms with E-state index in [9.17, 15) is 32.3 Å². The fourth-order valence-corrected chi connectivity index (χ4v) is 3.25. The molecule has 2 fully saturated rings. The molecule has 0 saturated carbocycles. The quantitative estimate of drug-likeness (QED) is 0.483. The van der Waals surface area contributed by atoms with Crippen LogP contribution in [0.15, 0.2) is 18.2 Å². The van der Waals surface area contributed by atoms with Crippen LogP contribution in [-0.2, 0) is 14.4 Å². The molecule has 10 nitrogen and oxygen atoms in total. The number of carboxylic acid groups (broad SMARTS) is 1. The molecule has 0 radical (unpaired) electrons. The number of rotatable bonds is 3. The molecule has 31 heavy (non-hydrogen) atoms. The normalized spacial score (nSPS) is 21.0. The van der Waals surface area contributed by atoms with Gasteiger partial charge >= 0.3 is 12.1 Å². The predicted molar refractivity (Wildman–Crippen MR) is 97.1 cm³/mol. The Bertz CT molecular complexity index is 960. The number of nitrogens with zero attached hydrogens (tertiary/aromatic N) is 1. The van der Waals surface area contributed by atoms with E-state index in [-0.39, 0.29) is 24.8 Å². The van der Waals surface area contributed by atoms with Crippen molar-refractivity contribution in [2.45, 2.75) is 31.1 Å². The number of fused-ring (bicyclic) bond motifs is 1. The zero-order valence-electron chi connectivity index (χ0n) is 15.8. The van der Waals surface area contributed by atoms with Gasteiger partial charge in [0.05, 0.1) is 17.2 Å². The van der Waals surface area contributed by atoms with Crippen LogP contribution in [0.2, 0.25) is 0 Å². The van der Waals surface area contributed by atoms with Gasteiger partial charge in [0.25, 0.3) is 11.8 Å². The van der Waals surface area contributed by atoms with E-state index in [0.717, 1.165) is 18.0 Å². The second-order valence-corrected chi connectivity index (χ2v) is 6.98. The molecule has 1 unspecified atom stereocenters. The maximum Gasteiger partial charge on any atom is 0.490 e. The van der Waals surface area contributed by atoms with Gasteiger partial charge in [0, 0.05) is 25.2 Å². The minimum absolute atomic E-state index is 0.114. The maximum absolute atomic E-state index is 12.8. The van der Waals surface area contributed by atoms with Crippen molar-refractivity contribution >= 4 is 35.3 Å². The van der Waals surface area contributed by atoms with Crippen molar-refractivity contribution in [1.29, 1.82) is 0 Å². The zero-order valence-corrected chi connectivity index (χ0v) is 15.8. The maximum atomic E-state index is 12.8. The van der Waals surface area contributed by atoms with E-state index in [1.807, 2.05) is 0 Å². The van der Waals surface area contributed by atoms with Crippen molar-refractivity contribution in [2.75, 3.05) is 18.4 Å². The average Bonchev–Trinajstić information content (AvgIpc) is 2.90. The monoisotopic (exact) mass is 442 g/mol. The van der Waals surface area contributed by atoms with E-state index in [1.165, 1.54) is 0 Å². The third-order valence-corrected chi connectivity index (χ3v) is 4.85. The van der Waals surface area contributed by atoms with E-state index in [0.29, 0.717) is 16.8 Å². The molecule has 0 aromatic heterocycles. The second kappa shape index (κ2) is 8.34. The molecule has 4 rings (SSSR count). The molecule has 4 N–H and O–H groups in total. The Kier molecular flexibility index (Phi) is 5.97. The van der Waals surface area contributed by atoms with Crippen molar-refractivity contribution in [2.24, 2.45) is 0 Å². The number of anilines is 1. The minimum Gasteiger partial charge on any atom is -0.475 e. The molecule has 13 heteroatoms. The highest BCUT2D eigenvalue weighted by atomic mass is 19.4. The number of hydrogen-bond donors (Lipinski definition) is 4. The summed E-state index contributed by atoms with van der Waals surface area (Å²) in [6.07, 6.45) is -4.81. The Morgan fingerprint density at radius 1 is 1.13 bits per heavy atom. The summed E-state index contributed by atoms with van der Waals surface area (Å²) < 4.78 is 31.7. The lowest BCUT2D eigenvalue weighted by molar-refractivity contribution is -0.192. The third kappa shape index (κ3) is 4.50. The molecule has 3 aliphatic rings. The fourth-order valence-electron chi connectivity index (χ4n) is 3.25. The van der Waals surface area contributed by atoms with Gasteiger partial charge in [0.15, 0.2) is 0 Å². The number of halogens is 3. The molecule has 0 aliphatic carbocycles. The van der Waals surface area contributed by atoms with Crippen LogP contribution in [0.4, 0.5) is 18.9 Å². The van der Waals surface area contributed by atoms with E-state index < -0.39 is 35.9 Å². The Morgan fingerprint density at radius 3 is 2.29 bits per heavy atom. The summed E-state index contributed by atoms with van der Waals surface area (Å²) >= 11 is 0. The highest BCUT2D eigenvalue weighted by Gasteiger charge is 2.45. The molecule has 0 spiro atoms. The van der Waals surface area contributed by atoms with Gasteiger partial charge in [0.2, 0.25) is 11.8 Å².